The second kappa shape index (κ2) is 7.07. The molecule has 5 heteroatoms. The second-order valence-electron chi connectivity index (χ2n) is 5.18. The molecule has 0 radical (unpaired) electrons. The van der Waals surface area contributed by atoms with Gasteiger partial charge >= 0.3 is 0 Å². The van der Waals surface area contributed by atoms with Crippen LogP contribution in [0.25, 0.3) is 0 Å². The number of Topliss-reactive ketones (excluding diaryl/α,β-unsaturated/α-hetero) is 1. The Morgan fingerprint density at radius 3 is 2.52 bits per heavy atom. The molecule has 0 spiro atoms. The van der Waals surface area contributed by atoms with Crippen molar-refractivity contribution in [2.75, 3.05) is 6.61 Å². The van der Waals surface area contributed by atoms with Gasteiger partial charge in [-0.15, -0.1) is 11.3 Å². The van der Waals surface area contributed by atoms with Gasteiger partial charge in [0.1, 0.15) is 5.75 Å². The number of carbonyl (C=O) groups is 1. The zero-order valence-corrected chi connectivity index (χ0v) is 16.1. The standard InChI is InChI=1S/C16H16Br2O2S/c1-9(2)11-4-10(3)5-12(6-11)20-8-14(19)13-7-15(17)21-16(13)18/h4-7,9H,8H2,1-3H3. The van der Waals surface area contributed by atoms with Crippen molar-refractivity contribution in [3.8, 4) is 5.75 Å². The molecule has 0 N–H and O–H groups in total. The summed E-state index contributed by atoms with van der Waals surface area (Å²) < 4.78 is 7.43. The van der Waals surface area contributed by atoms with E-state index < -0.39 is 0 Å². The summed E-state index contributed by atoms with van der Waals surface area (Å²) in [4.78, 5) is 12.2. The number of thiophene rings is 1. The number of benzene rings is 1. The Bertz CT molecular complexity index is 662. The molecule has 1 heterocycles. The number of aryl methyl sites for hydroxylation is 1. The molecule has 0 atom stereocenters. The predicted octanol–water partition coefficient (Wildman–Crippen LogP) is 5.97. The van der Waals surface area contributed by atoms with Crippen LogP contribution in [0.2, 0.25) is 0 Å². The first kappa shape index (κ1) is 16.7. The third kappa shape index (κ3) is 4.41. The van der Waals surface area contributed by atoms with Crippen molar-refractivity contribution in [2.45, 2.75) is 26.7 Å². The van der Waals surface area contributed by atoms with Crippen molar-refractivity contribution in [3.63, 3.8) is 0 Å². The van der Waals surface area contributed by atoms with Crippen molar-refractivity contribution in [1.29, 1.82) is 0 Å². The number of carbonyl (C=O) groups excluding carboxylic acids is 1. The zero-order chi connectivity index (χ0) is 15.6. The van der Waals surface area contributed by atoms with Gasteiger partial charge in [-0.25, -0.2) is 0 Å². The van der Waals surface area contributed by atoms with Gasteiger partial charge in [-0.3, -0.25) is 4.79 Å². The number of rotatable bonds is 5. The average Bonchev–Trinajstić information content (AvgIpc) is 2.74. The van der Waals surface area contributed by atoms with Gasteiger partial charge in [0.25, 0.3) is 0 Å². The highest BCUT2D eigenvalue weighted by Gasteiger charge is 2.14. The SMILES string of the molecule is Cc1cc(OCC(=O)c2cc(Br)sc2Br)cc(C(C)C)c1. The molecule has 0 bridgehead atoms. The van der Waals surface area contributed by atoms with Crippen LogP contribution >= 0.6 is 43.2 Å². The lowest BCUT2D eigenvalue weighted by atomic mass is 10.0. The second-order valence-corrected chi connectivity index (χ2v) is 8.93. The third-order valence-corrected chi connectivity index (χ3v) is 5.41. The van der Waals surface area contributed by atoms with Gasteiger partial charge in [0.2, 0.25) is 5.78 Å². The Morgan fingerprint density at radius 1 is 1.24 bits per heavy atom. The minimum absolute atomic E-state index is 0.0311. The van der Waals surface area contributed by atoms with Crippen molar-refractivity contribution >= 4 is 49.0 Å². The van der Waals surface area contributed by atoms with E-state index in [0.29, 0.717) is 11.5 Å². The van der Waals surface area contributed by atoms with Gasteiger partial charge in [0.05, 0.1) is 7.57 Å². The number of ether oxygens (including phenoxy) is 1. The van der Waals surface area contributed by atoms with Crippen LogP contribution in [0.15, 0.2) is 31.8 Å². The normalized spacial score (nSPS) is 11.0. The molecule has 1 aromatic heterocycles. The van der Waals surface area contributed by atoms with Crippen molar-refractivity contribution < 1.29 is 9.53 Å². The topological polar surface area (TPSA) is 26.3 Å². The smallest absolute Gasteiger partial charge is 0.202 e. The summed E-state index contributed by atoms with van der Waals surface area (Å²) in [5.41, 5.74) is 3.02. The fourth-order valence-corrected chi connectivity index (χ4v) is 4.81. The Morgan fingerprint density at radius 2 is 1.95 bits per heavy atom. The Labute approximate surface area is 145 Å². The number of ketones is 1. The fourth-order valence-electron chi connectivity index (χ4n) is 1.95. The first-order chi connectivity index (χ1) is 9.86. The molecule has 0 fully saturated rings. The van der Waals surface area contributed by atoms with Gasteiger partial charge in [-0.1, -0.05) is 19.9 Å². The minimum Gasteiger partial charge on any atom is -0.485 e. The van der Waals surface area contributed by atoms with Crippen LogP contribution in [0.5, 0.6) is 5.75 Å². The van der Waals surface area contributed by atoms with Gasteiger partial charge in [-0.2, -0.15) is 0 Å². The van der Waals surface area contributed by atoms with E-state index >= 15 is 0 Å². The van der Waals surface area contributed by atoms with Gasteiger partial charge in [0.15, 0.2) is 6.61 Å². The van der Waals surface area contributed by atoms with E-state index in [4.69, 9.17) is 4.74 Å². The van der Waals surface area contributed by atoms with E-state index in [9.17, 15) is 4.79 Å². The number of halogens is 2. The van der Waals surface area contributed by atoms with Gasteiger partial charge < -0.3 is 4.74 Å². The summed E-state index contributed by atoms with van der Waals surface area (Å²) in [7, 11) is 0. The van der Waals surface area contributed by atoms with Crippen LogP contribution in [-0.2, 0) is 0 Å². The highest BCUT2D eigenvalue weighted by Crippen LogP contribution is 2.32. The summed E-state index contributed by atoms with van der Waals surface area (Å²) in [5.74, 6) is 1.15. The van der Waals surface area contributed by atoms with E-state index in [1.54, 1.807) is 0 Å². The lowest BCUT2D eigenvalue weighted by Gasteiger charge is -2.11. The monoisotopic (exact) mass is 430 g/mol. The maximum Gasteiger partial charge on any atom is 0.202 e. The largest absolute Gasteiger partial charge is 0.485 e. The quantitative estimate of drug-likeness (QED) is 0.545. The van der Waals surface area contributed by atoms with E-state index in [2.05, 4.69) is 51.8 Å². The Kier molecular flexibility index (Phi) is 5.63. The molecule has 2 aromatic rings. The molecule has 0 aliphatic heterocycles. The number of hydrogen-bond donors (Lipinski definition) is 0. The molecule has 0 saturated carbocycles. The Hall–Kier alpha value is -0.650. The average molecular weight is 432 g/mol. The van der Waals surface area contributed by atoms with E-state index in [1.165, 1.54) is 16.9 Å². The molecule has 0 saturated heterocycles. The van der Waals surface area contributed by atoms with Crippen LogP contribution in [0.4, 0.5) is 0 Å². The first-order valence-electron chi connectivity index (χ1n) is 6.59. The molecule has 21 heavy (non-hydrogen) atoms. The van der Waals surface area contributed by atoms with E-state index in [-0.39, 0.29) is 12.4 Å². The molecule has 1 aromatic carbocycles. The maximum atomic E-state index is 12.2. The predicted molar refractivity (Wildman–Crippen MR) is 94.8 cm³/mol. The molecule has 112 valence electrons. The molecular weight excluding hydrogens is 416 g/mol. The van der Waals surface area contributed by atoms with Crippen molar-refractivity contribution in [3.05, 3.63) is 48.5 Å². The van der Waals surface area contributed by atoms with Gasteiger partial charge in [0, 0.05) is 5.56 Å². The minimum atomic E-state index is -0.0311. The van der Waals surface area contributed by atoms with E-state index in [1.807, 2.05) is 25.1 Å². The van der Waals surface area contributed by atoms with E-state index in [0.717, 1.165) is 18.9 Å². The van der Waals surface area contributed by atoms with Crippen LogP contribution < -0.4 is 4.74 Å². The molecular formula is C16H16Br2O2S. The summed E-state index contributed by atoms with van der Waals surface area (Å²) >= 11 is 8.26. The van der Waals surface area contributed by atoms with Crippen LogP contribution in [0.3, 0.4) is 0 Å². The fraction of sp³-hybridized carbons (Fsp3) is 0.312. The molecule has 0 aliphatic carbocycles. The summed E-state index contributed by atoms with van der Waals surface area (Å²) in [6.07, 6.45) is 0. The van der Waals surface area contributed by atoms with Crippen molar-refractivity contribution in [2.24, 2.45) is 0 Å². The van der Waals surface area contributed by atoms with Crippen LogP contribution in [0.1, 0.15) is 41.3 Å². The third-order valence-electron chi connectivity index (χ3n) is 3.07. The first-order valence-corrected chi connectivity index (χ1v) is 8.99. The maximum absolute atomic E-state index is 12.2. The number of hydrogen-bond acceptors (Lipinski definition) is 3. The van der Waals surface area contributed by atoms with Crippen molar-refractivity contribution in [1.82, 2.24) is 0 Å². The van der Waals surface area contributed by atoms with Crippen LogP contribution in [-0.4, -0.2) is 12.4 Å². The zero-order valence-electron chi connectivity index (χ0n) is 12.1. The highest BCUT2D eigenvalue weighted by atomic mass is 79.9. The van der Waals surface area contributed by atoms with Crippen LogP contribution in [0, 0.1) is 6.92 Å². The summed E-state index contributed by atoms with van der Waals surface area (Å²) in [6, 6.07) is 7.92. The lowest BCUT2D eigenvalue weighted by molar-refractivity contribution is 0.0921. The molecule has 0 unspecified atom stereocenters. The Balaban J connectivity index is 2.09. The summed E-state index contributed by atoms with van der Waals surface area (Å²) in [5, 5.41) is 0. The molecule has 2 nitrogen and oxygen atoms in total. The highest BCUT2D eigenvalue weighted by molar-refractivity contribution is 9.12. The lowest BCUT2D eigenvalue weighted by Crippen LogP contribution is -2.11. The molecule has 0 amide bonds. The molecule has 0 aliphatic rings. The summed E-state index contributed by atoms with van der Waals surface area (Å²) in [6.45, 7) is 6.36. The molecule has 2 rings (SSSR count). The van der Waals surface area contributed by atoms with Gasteiger partial charge in [-0.05, 0) is 74.0 Å².